The van der Waals surface area contributed by atoms with Gasteiger partial charge < -0.3 is 14.9 Å². The van der Waals surface area contributed by atoms with Crippen LogP contribution >= 0.6 is 0 Å². The van der Waals surface area contributed by atoms with E-state index >= 15 is 0 Å². The number of ether oxygens (including phenoxy) is 1. The Hall–Kier alpha value is -1.97. The molecular formula is C10H10O4. The summed E-state index contributed by atoms with van der Waals surface area (Å²) in [5, 5.41) is 18.3. The van der Waals surface area contributed by atoms with Gasteiger partial charge in [0, 0.05) is 11.6 Å². The first-order valence-corrected chi connectivity index (χ1v) is 3.91. The maximum atomic E-state index is 10.1. The zero-order valence-electron chi connectivity index (χ0n) is 7.60. The van der Waals surface area contributed by atoms with Crippen LogP contribution in [0.3, 0.4) is 0 Å². The molecule has 4 nitrogen and oxygen atoms in total. The van der Waals surface area contributed by atoms with Gasteiger partial charge in [-0.3, -0.25) is 4.79 Å². The Morgan fingerprint density at radius 3 is 2.50 bits per heavy atom. The molecule has 0 bridgehead atoms. The zero-order valence-corrected chi connectivity index (χ0v) is 7.60. The lowest BCUT2D eigenvalue weighted by Gasteiger charge is -2.06. The van der Waals surface area contributed by atoms with Gasteiger partial charge in [-0.15, -0.1) is 0 Å². The Bertz CT molecular complexity index is 369. The van der Waals surface area contributed by atoms with Crippen LogP contribution in [0.5, 0.6) is 17.2 Å². The lowest BCUT2D eigenvalue weighted by molar-refractivity contribution is -0.104. The highest BCUT2D eigenvalue weighted by molar-refractivity contribution is 5.76. The van der Waals surface area contributed by atoms with E-state index in [-0.39, 0.29) is 11.5 Å². The molecule has 0 amide bonds. The number of carbonyl (C=O) groups is 1. The summed E-state index contributed by atoms with van der Waals surface area (Å²) in [5.74, 6) is -0.125. The van der Waals surface area contributed by atoms with E-state index in [1.807, 2.05) is 0 Å². The number of phenolic OH excluding ortho intramolecular Hbond substituents is 2. The molecule has 1 aromatic rings. The fourth-order valence-electron chi connectivity index (χ4n) is 1.02. The van der Waals surface area contributed by atoms with Gasteiger partial charge in [0.05, 0.1) is 7.11 Å². The molecule has 0 aromatic heterocycles. The number of aldehydes is 1. The summed E-state index contributed by atoms with van der Waals surface area (Å²) in [6.07, 6.45) is 3.36. The fraction of sp³-hybridized carbons (Fsp3) is 0.100. The van der Waals surface area contributed by atoms with Crippen molar-refractivity contribution in [2.75, 3.05) is 7.11 Å². The number of allylic oxidation sites excluding steroid dienone is 1. The van der Waals surface area contributed by atoms with Crippen LogP contribution in [0, 0.1) is 0 Å². The molecule has 0 aliphatic carbocycles. The van der Waals surface area contributed by atoms with Crippen molar-refractivity contribution in [1.29, 1.82) is 0 Å². The van der Waals surface area contributed by atoms with Crippen molar-refractivity contribution in [3.05, 3.63) is 23.8 Å². The lowest BCUT2D eigenvalue weighted by Crippen LogP contribution is -1.86. The van der Waals surface area contributed by atoms with E-state index in [1.54, 1.807) is 0 Å². The minimum atomic E-state index is -0.259. The Kier molecular flexibility index (Phi) is 3.12. The van der Waals surface area contributed by atoms with E-state index in [0.29, 0.717) is 17.6 Å². The van der Waals surface area contributed by atoms with E-state index < -0.39 is 0 Å². The van der Waals surface area contributed by atoms with Gasteiger partial charge in [-0.05, 0) is 18.2 Å². The summed E-state index contributed by atoms with van der Waals surface area (Å²) in [7, 11) is 1.43. The van der Waals surface area contributed by atoms with Crippen molar-refractivity contribution in [2.45, 2.75) is 0 Å². The van der Waals surface area contributed by atoms with E-state index in [1.165, 1.54) is 31.4 Å². The summed E-state index contributed by atoms with van der Waals surface area (Å²) >= 11 is 0. The maximum Gasteiger partial charge on any atom is 0.161 e. The third kappa shape index (κ3) is 2.04. The number of benzene rings is 1. The molecule has 0 aliphatic heterocycles. The molecule has 0 saturated carbocycles. The fourth-order valence-corrected chi connectivity index (χ4v) is 1.02. The standard InChI is InChI=1S/C10H10O4/c1-14-10-6-9(13)8(12)5-7(10)3-2-4-11/h2-6,12-13H,1H3/b3-2-. The second-order valence-electron chi connectivity index (χ2n) is 2.58. The largest absolute Gasteiger partial charge is 0.504 e. The number of aromatic hydroxyl groups is 2. The molecule has 0 spiro atoms. The molecule has 0 radical (unpaired) electrons. The van der Waals surface area contributed by atoms with Gasteiger partial charge in [-0.1, -0.05) is 0 Å². The molecule has 1 aromatic carbocycles. The zero-order chi connectivity index (χ0) is 10.6. The van der Waals surface area contributed by atoms with Gasteiger partial charge in [0.1, 0.15) is 12.0 Å². The normalized spacial score (nSPS) is 10.4. The lowest BCUT2D eigenvalue weighted by atomic mass is 10.1. The molecule has 0 fully saturated rings. The number of hydrogen-bond donors (Lipinski definition) is 2. The van der Waals surface area contributed by atoms with Crippen LogP contribution in [0.2, 0.25) is 0 Å². The molecule has 0 atom stereocenters. The second-order valence-corrected chi connectivity index (χ2v) is 2.58. The highest BCUT2D eigenvalue weighted by Gasteiger charge is 2.06. The summed E-state index contributed by atoms with van der Waals surface area (Å²) in [6.45, 7) is 0. The molecule has 4 heteroatoms. The number of phenols is 2. The van der Waals surface area contributed by atoms with E-state index in [0.717, 1.165) is 0 Å². The Morgan fingerprint density at radius 2 is 1.93 bits per heavy atom. The molecule has 1 rings (SSSR count). The number of methoxy groups -OCH3 is 1. The number of hydrogen-bond acceptors (Lipinski definition) is 4. The predicted octanol–water partition coefficient (Wildman–Crippen LogP) is 1.32. The maximum absolute atomic E-state index is 10.1. The third-order valence-electron chi connectivity index (χ3n) is 1.68. The van der Waals surface area contributed by atoms with Gasteiger partial charge in [0.25, 0.3) is 0 Å². The summed E-state index contributed by atoms with van der Waals surface area (Å²) in [5.41, 5.74) is 0.523. The molecular weight excluding hydrogens is 184 g/mol. The van der Waals surface area contributed by atoms with E-state index in [2.05, 4.69) is 0 Å². The van der Waals surface area contributed by atoms with Crippen molar-refractivity contribution >= 4 is 12.4 Å². The van der Waals surface area contributed by atoms with Crippen LogP contribution in [0.15, 0.2) is 18.2 Å². The van der Waals surface area contributed by atoms with Crippen molar-refractivity contribution in [3.63, 3.8) is 0 Å². The molecule has 2 N–H and O–H groups in total. The molecule has 74 valence electrons. The van der Waals surface area contributed by atoms with Gasteiger partial charge in [0.15, 0.2) is 11.5 Å². The van der Waals surface area contributed by atoms with Crippen LogP contribution in [0.25, 0.3) is 6.08 Å². The Balaban J connectivity index is 3.19. The summed E-state index contributed by atoms with van der Waals surface area (Å²) < 4.78 is 4.94. The van der Waals surface area contributed by atoms with Crippen LogP contribution in [-0.2, 0) is 4.79 Å². The van der Waals surface area contributed by atoms with Crippen LogP contribution < -0.4 is 4.74 Å². The SMILES string of the molecule is COc1cc(O)c(O)cc1/C=C\C=O. The predicted molar refractivity (Wildman–Crippen MR) is 51.4 cm³/mol. The van der Waals surface area contributed by atoms with Crippen molar-refractivity contribution < 1.29 is 19.7 Å². The molecule has 0 heterocycles. The monoisotopic (exact) mass is 194 g/mol. The highest BCUT2D eigenvalue weighted by Crippen LogP contribution is 2.33. The summed E-state index contributed by atoms with van der Waals surface area (Å²) in [6, 6.07) is 2.59. The third-order valence-corrected chi connectivity index (χ3v) is 1.68. The Labute approximate surface area is 81.1 Å². The van der Waals surface area contributed by atoms with E-state index in [4.69, 9.17) is 9.84 Å². The van der Waals surface area contributed by atoms with Crippen LogP contribution in [0.4, 0.5) is 0 Å². The quantitative estimate of drug-likeness (QED) is 0.432. The van der Waals surface area contributed by atoms with Gasteiger partial charge >= 0.3 is 0 Å². The second kappa shape index (κ2) is 4.32. The van der Waals surface area contributed by atoms with Gasteiger partial charge in [-0.2, -0.15) is 0 Å². The van der Waals surface area contributed by atoms with Crippen LogP contribution in [0.1, 0.15) is 5.56 Å². The molecule has 14 heavy (non-hydrogen) atoms. The van der Waals surface area contributed by atoms with Crippen LogP contribution in [-0.4, -0.2) is 23.6 Å². The first kappa shape index (κ1) is 10.1. The molecule has 0 saturated heterocycles. The Morgan fingerprint density at radius 1 is 1.29 bits per heavy atom. The van der Waals surface area contributed by atoms with Crippen molar-refractivity contribution in [2.24, 2.45) is 0 Å². The minimum Gasteiger partial charge on any atom is -0.504 e. The topological polar surface area (TPSA) is 66.8 Å². The average molecular weight is 194 g/mol. The number of rotatable bonds is 3. The van der Waals surface area contributed by atoms with E-state index in [9.17, 15) is 9.90 Å². The first-order valence-electron chi connectivity index (χ1n) is 3.91. The minimum absolute atomic E-state index is 0.253. The molecule has 0 aliphatic rings. The highest BCUT2D eigenvalue weighted by atomic mass is 16.5. The van der Waals surface area contributed by atoms with Crippen molar-refractivity contribution in [3.8, 4) is 17.2 Å². The van der Waals surface area contributed by atoms with Crippen molar-refractivity contribution in [1.82, 2.24) is 0 Å². The first-order chi connectivity index (χ1) is 6.69. The van der Waals surface area contributed by atoms with Gasteiger partial charge in [-0.25, -0.2) is 0 Å². The summed E-state index contributed by atoms with van der Waals surface area (Å²) in [4.78, 5) is 10.1. The number of carbonyl (C=O) groups excluding carboxylic acids is 1. The smallest absolute Gasteiger partial charge is 0.161 e. The molecule has 0 unspecified atom stereocenters. The van der Waals surface area contributed by atoms with Gasteiger partial charge in [0.2, 0.25) is 0 Å². The average Bonchev–Trinajstić information content (AvgIpc) is 2.19.